The van der Waals surface area contributed by atoms with Gasteiger partial charge in [0.15, 0.2) is 17.3 Å². The molecule has 16 heavy (non-hydrogen) atoms. The number of hydrogen-bond donors (Lipinski definition) is 0. The summed E-state index contributed by atoms with van der Waals surface area (Å²) in [5.74, 6) is 0.860. The highest BCUT2D eigenvalue weighted by molar-refractivity contribution is 9.10. The van der Waals surface area contributed by atoms with Crippen LogP contribution in [0, 0.1) is 0 Å². The molecule has 0 N–H and O–H groups in total. The number of fused-ring (bicyclic) bond motifs is 1. The maximum Gasteiger partial charge on any atom is 0.198 e. The zero-order valence-corrected chi connectivity index (χ0v) is 11.0. The first kappa shape index (κ1) is 11.3. The van der Waals surface area contributed by atoms with Crippen LogP contribution in [0.1, 0.15) is 42.9 Å². The minimum atomic E-state index is -0.0160. The second kappa shape index (κ2) is 4.01. The van der Waals surface area contributed by atoms with Crippen LogP contribution < -0.4 is 0 Å². The molecule has 0 saturated carbocycles. The van der Waals surface area contributed by atoms with Crippen molar-refractivity contribution < 1.29 is 9.21 Å². The summed E-state index contributed by atoms with van der Waals surface area (Å²) < 4.78 is 6.47. The van der Waals surface area contributed by atoms with Crippen molar-refractivity contribution >= 4 is 32.8 Å². The van der Waals surface area contributed by atoms with E-state index in [1.807, 2.05) is 19.9 Å². The van der Waals surface area contributed by atoms with E-state index in [2.05, 4.69) is 20.9 Å². The zero-order valence-electron chi connectivity index (χ0n) is 9.37. The smallest absolute Gasteiger partial charge is 0.198 e. The molecule has 2 aromatic rings. The molecule has 0 saturated heterocycles. The highest BCUT2D eigenvalue weighted by Gasteiger charge is 2.15. The van der Waals surface area contributed by atoms with Gasteiger partial charge in [-0.3, -0.25) is 4.79 Å². The Morgan fingerprint density at radius 3 is 2.69 bits per heavy atom. The van der Waals surface area contributed by atoms with E-state index in [1.165, 1.54) is 6.92 Å². The third-order valence-corrected chi connectivity index (χ3v) is 2.80. The summed E-state index contributed by atoms with van der Waals surface area (Å²) in [6.45, 7) is 5.54. The molecule has 3 nitrogen and oxygen atoms in total. The van der Waals surface area contributed by atoms with Crippen LogP contribution in [0.2, 0.25) is 0 Å². The van der Waals surface area contributed by atoms with Crippen LogP contribution in [0.25, 0.3) is 11.1 Å². The van der Waals surface area contributed by atoms with Gasteiger partial charge in [-0.25, -0.2) is 4.98 Å². The standard InChI is InChI=1S/C12H12BrNO2/c1-6(2)12-14-10-5-8(13)4-9(7(3)15)11(10)16-12/h4-6H,1-3H3. The molecule has 1 heterocycles. The minimum absolute atomic E-state index is 0.0160. The van der Waals surface area contributed by atoms with Crippen LogP contribution >= 0.6 is 15.9 Å². The summed E-state index contributed by atoms with van der Waals surface area (Å²) in [6.07, 6.45) is 0. The average Bonchev–Trinajstić information content (AvgIpc) is 2.59. The van der Waals surface area contributed by atoms with Crippen molar-refractivity contribution in [2.24, 2.45) is 0 Å². The molecule has 4 heteroatoms. The maximum atomic E-state index is 11.5. The van der Waals surface area contributed by atoms with Gasteiger partial charge < -0.3 is 4.42 Å². The molecule has 84 valence electrons. The maximum absolute atomic E-state index is 11.5. The zero-order chi connectivity index (χ0) is 11.9. The van der Waals surface area contributed by atoms with Crippen molar-refractivity contribution in [1.82, 2.24) is 4.98 Å². The number of benzene rings is 1. The monoisotopic (exact) mass is 281 g/mol. The molecule has 0 amide bonds. The second-order valence-corrected chi connectivity index (χ2v) is 4.98. The fourth-order valence-corrected chi connectivity index (χ4v) is 1.97. The molecule has 0 bridgehead atoms. The number of hydrogen-bond acceptors (Lipinski definition) is 3. The summed E-state index contributed by atoms with van der Waals surface area (Å²) >= 11 is 3.36. The Kier molecular flexibility index (Phi) is 2.84. The van der Waals surface area contributed by atoms with E-state index in [-0.39, 0.29) is 11.7 Å². The van der Waals surface area contributed by atoms with E-state index in [9.17, 15) is 4.79 Å². The minimum Gasteiger partial charge on any atom is -0.440 e. The lowest BCUT2D eigenvalue weighted by Crippen LogP contribution is -1.92. The van der Waals surface area contributed by atoms with Gasteiger partial charge in [-0.15, -0.1) is 0 Å². The number of ketones is 1. The van der Waals surface area contributed by atoms with Gasteiger partial charge in [-0.1, -0.05) is 29.8 Å². The van der Waals surface area contributed by atoms with Gasteiger partial charge in [0.05, 0.1) is 5.56 Å². The molecule has 0 aliphatic heterocycles. The number of Topliss-reactive ketones (excluding diaryl/α,β-unsaturated/α-hetero) is 1. The Morgan fingerprint density at radius 1 is 1.44 bits per heavy atom. The summed E-state index contributed by atoms with van der Waals surface area (Å²) in [4.78, 5) is 15.8. The van der Waals surface area contributed by atoms with Crippen LogP contribution in [-0.4, -0.2) is 10.8 Å². The highest BCUT2D eigenvalue weighted by Crippen LogP contribution is 2.27. The Bertz CT molecular complexity index is 557. The molecule has 0 fully saturated rings. The summed E-state index contributed by atoms with van der Waals surface area (Å²) in [5, 5.41) is 0. The number of oxazole rings is 1. The van der Waals surface area contributed by atoms with Crippen molar-refractivity contribution in [3.63, 3.8) is 0 Å². The topological polar surface area (TPSA) is 43.1 Å². The van der Waals surface area contributed by atoms with E-state index >= 15 is 0 Å². The average molecular weight is 282 g/mol. The van der Waals surface area contributed by atoms with E-state index < -0.39 is 0 Å². The van der Waals surface area contributed by atoms with E-state index in [0.29, 0.717) is 17.0 Å². The number of halogens is 1. The van der Waals surface area contributed by atoms with Crippen LogP contribution in [-0.2, 0) is 0 Å². The van der Waals surface area contributed by atoms with E-state index in [1.54, 1.807) is 6.07 Å². The molecule has 0 atom stereocenters. The fraction of sp³-hybridized carbons (Fsp3) is 0.333. The molecule has 0 aliphatic carbocycles. The van der Waals surface area contributed by atoms with Gasteiger partial charge in [-0.05, 0) is 19.1 Å². The molecule has 0 spiro atoms. The van der Waals surface area contributed by atoms with Crippen molar-refractivity contribution in [3.8, 4) is 0 Å². The molecule has 0 unspecified atom stereocenters. The number of nitrogens with zero attached hydrogens (tertiary/aromatic N) is 1. The lowest BCUT2D eigenvalue weighted by atomic mass is 10.1. The van der Waals surface area contributed by atoms with Gasteiger partial charge in [-0.2, -0.15) is 0 Å². The van der Waals surface area contributed by atoms with Gasteiger partial charge in [0.1, 0.15) is 5.52 Å². The van der Waals surface area contributed by atoms with E-state index in [4.69, 9.17) is 4.42 Å². The Hall–Kier alpha value is -1.16. The SMILES string of the molecule is CC(=O)c1cc(Br)cc2nc(C(C)C)oc12. The second-order valence-electron chi connectivity index (χ2n) is 4.06. The summed E-state index contributed by atoms with van der Waals surface area (Å²) in [7, 11) is 0. The van der Waals surface area contributed by atoms with Crippen molar-refractivity contribution in [2.75, 3.05) is 0 Å². The fourth-order valence-electron chi connectivity index (χ4n) is 1.52. The molecule has 2 rings (SSSR count). The highest BCUT2D eigenvalue weighted by atomic mass is 79.9. The van der Waals surface area contributed by atoms with Crippen LogP contribution in [0.4, 0.5) is 0 Å². The Labute approximate surface area is 102 Å². The number of carbonyl (C=O) groups excluding carboxylic acids is 1. The van der Waals surface area contributed by atoms with Gasteiger partial charge in [0, 0.05) is 10.4 Å². The molecule has 1 aromatic heterocycles. The first-order chi connectivity index (χ1) is 7.49. The number of carbonyl (C=O) groups is 1. The quantitative estimate of drug-likeness (QED) is 0.784. The van der Waals surface area contributed by atoms with Gasteiger partial charge >= 0.3 is 0 Å². The largest absolute Gasteiger partial charge is 0.440 e. The van der Waals surface area contributed by atoms with Crippen molar-refractivity contribution in [3.05, 3.63) is 28.1 Å². The van der Waals surface area contributed by atoms with Gasteiger partial charge in [0.25, 0.3) is 0 Å². The number of rotatable bonds is 2. The molecule has 0 aliphatic rings. The summed E-state index contributed by atoms with van der Waals surface area (Å²) in [6, 6.07) is 3.62. The van der Waals surface area contributed by atoms with Crippen LogP contribution in [0.15, 0.2) is 21.0 Å². The Balaban J connectivity index is 2.75. The van der Waals surface area contributed by atoms with Crippen molar-refractivity contribution in [1.29, 1.82) is 0 Å². The molecular formula is C12H12BrNO2. The Morgan fingerprint density at radius 2 is 2.12 bits per heavy atom. The van der Waals surface area contributed by atoms with E-state index in [0.717, 1.165) is 9.99 Å². The summed E-state index contributed by atoms with van der Waals surface area (Å²) in [5.41, 5.74) is 1.88. The van der Waals surface area contributed by atoms with Crippen LogP contribution in [0.5, 0.6) is 0 Å². The first-order valence-corrected chi connectivity index (χ1v) is 5.89. The third kappa shape index (κ3) is 1.89. The van der Waals surface area contributed by atoms with Crippen molar-refractivity contribution in [2.45, 2.75) is 26.7 Å². The third-order valence-electron chi connectivity index (χ3n) is 2.34. The van der Waals surface area contributed by atoms with Crippen LogP contribution in [0.3, 0.4) is 0 Å². The molecule has 1 aromatic carbocycles. The normalized spacial score (nSPS) is 11.3. The molecular weight excluding hydrogens is 270 g/mol. The predicted molar refractivity (Wildman–Crippen MR) is 65.8 cm³/mol. The van der Waals surface area contributed by atoms with Gasteiger partial charge in [0.2, 0.25) is 0 Å². The lowest BCUT2D eigenvalue weighted by Gasteiger charge is -1.97. The first-order valence-electron chi connectivity index (χ1n) is 5.10. The number of aromatic nitrogens is 1. The lowest BCUT2D eigenvalue weighted by molar-refractivity contribution is 0.101. The molecule has 0 radical (unpaired) electrons. The predicted octanol–water partition coefficient (Wildman–Crippen LogP) is 3.92.